The number of amides is 1. The highest BCUT2D eigenvalue weighted by atomic mass is 35.5. The minimum atomic E-state index is -0.682. The van der Waals surface area contributed by atoms with E-state index in [-0.39, 0.29) is 18.3 Å². The lowest BCUT2D eigenvalue weighted by atomic mass is 10.1. The number of pyridine rings is 1. The van der Waals surface area contributed by atoms with Crippen molar-refractivity contribution in [3.05, 3.63) is 65.0 Å². The Kier molecular flexibility index (Phi) is 8.04. The molecule has 7 heteroatoms. The molecule has 0 unspecified atom stereocenters. The Labute approximate surface area is 153 Å². The van der Waals surface area contributed by atoms with E-state index in [9.17, 15) is 9.59 Å². The van der Waals surface area contributed by atoms with Crippen molar-refractivity contribution in [3.8, 4) is 0 Å². The van der Waals surface area contributed by atoms with Gasteiger partial charge >= 0.3 is 5.97 Å². The van der Waals surface area contributed by atoms with Crippen LogP contribution in [0.3, 0.4) is 0 Å². The molecule has 1 aromatic heterocycles. The van der Waals surface area contributed by atoms with Crippen LogP contribution in [0.4, 0.5) is 0 Å². The second kappa shape index (κ2) is 9.76. The molecule has 2 rings (SSSR count). The van der Waals surface area contributed by atoms with E-state index in [4.69, 9.17) is 4.74 Å². The first kappa shape index (κ1) is 20.6. The maximum absolute atomic E-state index is 12.4. The van der Waals surface area contributed by atoms with Crippen LogP contribution in [0.5, 0.6) is 0 Å². The molecule has 0 saturated carbocycles. The Bertz CT molecular complexity index is 703. The van der Waals surface area contributed by atoms with Gasteiger partial charge in [0.1, 0.15) is 6.04 Å². The molecule has 0 aliphatic rings. The predicted molar refractivity (Wildman–Crippen MR) is 97.5 cm³/mol. The van der Waals surface area contributed by atoms with Crippen LogP contribution < -0.4 is 10.9 Å². The van der Waals surface area contributed by atoms with E-state index < -0.39 is 12.0 Å². The molecule has 1 heterocycles. The lowest BCUT2D eigenvalue weighted by molar-refractivity contribution is -0.143. The van der Waals surface area contributed by atoms with Crippen LogP contribution in [-0.2, 0) is 16.0 Å². The van der Waals surface area contributed by atoms with Crippen LogP contribution in [0.15, 0.2) is 42.6 Å². The number of esters is 1. The van der Waals surface area contributed by atoms with Gasteiger partial charge in [0.25, 0.3) is 5.91 Å². The van der Waals surface area contributed by atoms with Gasteiger partial charge in [-0.05, 0) is 31.0 Å². The first-order valence-corrected chi connectivity index (χ1v) is 7.62. The monoisotopic (exact) mass is 363 g/mol. The van der Waals surface area contributed by atoms with E-state index in [2.05, 4.69) is 15.8 Å². The number of ether oxygens (including phenoxy) is 1. The summed E-state index contributed by atoms with van der Waals surface area (Å²) in [7, 11) is 1.32. The summed E-state index contributed by atoms with van der Waals surface area (Å²) >= 11 is 0. The number of aryl methyl sites for hydroxylation is 2. The number of benzene rings is 1. The number of carbonyl (C=O) groups is 2. The highest BCUT2D eigenvalue weighted by molar-refractivity contribution is 5.96. The van der Waals surface area contributed by atoms with Crippen molar-refractivity contribution < 1.29 is 14.3 Å². The average molecular weight is 364 g/mol. The molecule has 0 aliphatic heterocycles. The van der Waals surface area contributed by atoms with Crippen molar-refractivity contribution in [3.63, 3.8) is 0 Å². The molecule has 1 aromatic carbocycles. The van der Waals surface area contributed by atoms with E-state index in [0.717, 1.165) is 11.1 Å². The second-order valence-corrected chi connectivity index (χ2v) is 5.45. The van der Waals surface area contributed by atoms with E-state index in [1.807, 2.05) is 37.3 Å². The summed E-state index contributed by atoms with van der Waals surface area (Å²) in [4.78, 5) is 28.5. The standard InChI is InChI=1S/C18H21N3O3.ClH/c1-12-9-10-19-13(2)16(12)17(22)21-20-15(18(23)24-3)11-14-7-5-4-6-8-14;/h4-10,15,20H,11H2,1-3H3,(H,21,22);1H/t15-;/m0./s1. The number of hydrogen-bond donors (Lipinski definition) is 2. The van der Waals surface area contributed by atoms with Gasteiger partial charge in [-0.2, -0.15) is 0 Å². The molecule has 0 saturated heterocycles. The number of rotatable bonds is 6. The van der Waals surface area contributed by atoms with Crippen LogP contribution in [0.25, 0.3) is 0 Å². The maximum Gasteiger partial charge on any atom is 0.325 e. The summed E-state index contributed by atoms with van der Waals surface area (Å²) < 4.78 is 4.80. The molecule has 1 amide bonds. The van der Waals surface area contributed by atoms with Crippen LogP contribution >= 0.6 is 12.4 Å². The molecule has 0 aliphatic carbocycles. The number of hydrogen-bond acceptors (Lipinski definition) is 5. The molecule has 0 fully saturated rings. The summed E-state index contributed by atoms with van der Waals surface area (Å²) in [6.07, 6.45) is 2.06. The highest BCUT2D eigenvalue weighted by Gasteiger charge is 2.21. The van der Waals surface area contributed by atoms with Crippen LogP contribution in [-0.4, -0.2) is 30.0 Å². The summed E-state index contributed by atoms with van der Waals surface area (Å²) in [6, 6.07) is 10.6. The second-order valence-electron chi connectivity index (χ2n) is 5.45. The first-order valence-electron chi connectivity index (χ1n) is 7.62. The Hall–Kier alpha value is -2.44. The molecule has 2 N–H and O–H groups in total. The summed E-state index contributed by atoms with van der Waals surface area (Å²) in [6.45, 7) is 3.61. The lowest BCUT2D eigenvalue weighted by Crippen LogP contribution is -2.50. The summed E-state index contributed by atoms with van der Waals surface area (Å²) in [5.41, 5.74) is 8.26. The highest BCUT2D eigenvalue weighted by Crippen LogP contribution is 2.10. The molecule has 25 heavy (non-hydrogen) atoms. The van der Waals surface area contributed by atoms with Gasteiger partial charge in [0.15, 0.2) is 0 Å². The lowest BCUT2D eigenvalue weighted by Gasteiger charge is -2.18. The van der Waals surface area contributed by atoms with Crippen LogP contribution in [0, 0.1) is 13.8 Å². The van der Waals surface area contributed by atoms with E-state index in [1.54, 1.807) is 19.2 Å². The van der Waals surface area contributed by atoms with Crippen molar-refractivity contribution in [1.82, 2.24) is 15.8 Å². The molecular formula is C18H22ClN3O3. The van der Waals surface area contributed by atoms with E-state index in [1.165, 1.54) is 7.11 Å². The number of nitrogens with one attached hydrogen (secondary N) is 2. The van der Waals surface area contributed by atoms with Crippen molar-refractivity contribution >= 4 is 24.3 Å². The molecule has 0 radical (unpaired) electrons. The zero-order valence-corrected chi connectivity index (χ0v) is 15.2. The fourth-order valence-corrected chi connectivity index (χ4v) is 2.44. The number of methoxy groups -OCH3 is 1. The quantitative estimate of drug-likeness (QED) is 0.607. The Morgan fingerprint density at radius 2 is 1.84 bits per heavy atom. The van der Waals surface area contributed by atoms with Gasteiger partial charge in [-0.3, -0.25) is 20.0 Å². The maximum atomic E-state index is 12.4. The van der Waals surface area contributed by atoms with Gasteiger partial charge in [-0.1, -0.05) is 30.3 Å². The van der Waals surface area contributed by atoms with Crippen molar-refractivity contribution in [2.75, 3.05) is 7.11 Å². The summed E-state index contributed by atoms with van der Waals surface area (Å²) in [5.74, 6) is -0.779. The fraction of sp³-hybridized carbons (Fsp3) is 0.278. The third-order valence-corrected chi connectivity index (χ3v) is 3.70. The molecular weight excluding hydrogens is 342 g/mol. The molecule has 0 bridgehead atoms. The number of aromatic nitrogens is 1. The zero-order valence-electron chi connectivity index (χ0n) is 14.4. The van der Waals surface area contributed by atoms with Gasteiger partial charge in [-0.25, -0.2) is 5.43 Å². The predicted octanol–water partition coefficient (Wildman–Crippen LogP) is 2.14. The Balaban J connectivity index is 0.00000312. The topological polar surface area (TPSA) is 80.3 Å². The molecule has 1 atom stereocenters. The smallest absolute Gasteiger partial charge is 0.325 e. The number of hydrazine groups is 1. The third-order valence-electron chi connectivity index (χ3n) is 3.70. The molecule has 6 nitrogen and oxygen atoms in total. The minimum Gasteiger partial charge on any atom is -0.468 e. The first-order chi connectivity index (χ1) is 11.5. The minimum absolute atomic E-state index is 0. The molecule has 0 spiro atoms. The molecule has 134 valence electrons. The normalized spacial score (nSPS) is 11.2. The van der Waals surface area contributed by atoms with Gasteiger partial charge in [0, 0.05) is 12.6 Å². The number of halogens is 1. The van der Waals surface area contributed by atoms with Crippen LogP contribution in [0.2, 0.25) is 0 Å². The van der Waals surface area contributed by atoms with E-state index >= 15 is 0 Å². The zero-order chi connectivity index (χ0) is 17.5. The van der Waals surface area contributed by atoms with Gasteiger partial charge < -0.3 is 4.74 Å². The van der Waals surface area contributed by atoms with Crippen molar-refractivity contribution in [2.45, 2.75) is 26.3 Å². The van der Waals surface area contributed by atoms with Crippen molar-refractivity contribution in [1.29, 1.82) is 0 Å². The molecule has 2 aromatic rings. The Morgan fingerprint density at radius 1 is 1.16 bits per heavy atom. The van der Waals surface area contributed by atoms with Gasteiger partial charge in [0.05, 0.1) is 18.4 Å². The van der Waals surface area contributed by atoms with Gasteiger partial charge in [-0.15, -0.1) is 12.4 Å². The Morgan fingerprint density at radius 3 is 2.44 bits per heavy atom. The largest absolute Gasteiger partial charge is 0.468 e. The van der Waals surface area contributed by atoms with Crippen molar-refractivity contribution in [2.24, 2.45) is 0 Å². The van der Waals surface area contributed by atoms with Crippen LogP contribution in [0.1, 0.15) is 27.2 Å². The number of nitrogens with zero attached hydrogens (tertiary/aromatic N) is 1. The number of carbonyl (C=O) groups excluding carboxylic acids is 2. The van der Waals surface area contributed by atoms with E-state index in [0.29, 0.717) is 17.7 Å². The third kappa shape index (κ3) is 5.55. The summed E-state index contributed by atoms with van der Waals surface area (Å²) in [5, 5.41) is 0. The average Bonchev–Trinajstić information content (AvgIpc) is 2.58. The van der Waals surface area contributed by atoms with Gasteiger partial charge in [0.2, 0.25) is 0 Å². The SMILES string of the molecule is COC(=O)[C@H](Cc1ccccc1)NNC(=O)c1c(C)ccnc1C.Cl. The fourth-order valence-electron chi connectivity index (χ4n) is 2.44.